The molecule has 0 aliphatic rings. The van der Waals surface area contributed by atoms with Crippen molar-refractivity contribution >= 4 is 11.7 Å². The van der Waals surface area contributed by atoms with Crippen molar-refractivity contribution in [1.82, 2.24) is 10.2 Å². The van der Waals surface area contributed by atoms with Crippen molar-refractivity contribution in [3.05, 3.63) is 29.8 Å². The molecule has 2 N–H and O–H groups in total. The number of carbonyl (C=O) groups is 1. The molecule has 1 unspecified atom stereocenters. The minimum absolute atomic E-state index is 0.118. The first-order valence-electron chi connectivity index (χ1n) is 6.75. The Hall–Kier alpha value is -2.57. The quantitative estimate of drug-likeness (QED) is 0.784. The van der Waals surface area contributed by atoms with E-state index in [0.29, 0.717) is 5.69 Å². The van der Waals surface area contributed by atoms with Crippen LogP contribution in [0.25, 0.3) is 0 Å². The Balaban J connectivity index is 2.78. The van der Waals surface area contributed by atoms with Gasteiger partial charge in [-0.1, -0.05) is 19.1 Å². The Bertz CT molecular complexity index is 542. The molecule has 0 fully saturated rings. The van der Waals surface area contributed by atoms with Gasteiger partial charge >= 0.3 is 6.03 Å². The summed E-state index contributed by atoms with van der Waals surface area (Å²) in [6, 6.07) is 11.0. The normalized spacial score (nSPS) is 11.0. The maximum Gasteiger partial charge on any atom is 0.323 e. The number of nitrogens with one attached hydrogen (secondary N) is 2. The van der Waals surface area contributed by atoms with Gasteiger partial charge in [-0.3, -0.25) is 4.90 Å². The van der Waals surface area contributed by atoms with E-state index in [1.54, 1.807) is 6.07 Å². The van der Waals surface area contributed by atoms with Crippen LogP contribution < -0.4 is 10.6 Å². The second-order valence-electron chi connectivity index (χ2n) is 4.51. The van der Waals surface area contributed by atoms with Crippen LogP contribution in [0.3, 0.4) is 0 Å². The van der Waals surface area contributed by atoms with Crippen LogP contribution in [0, 0.1) is 22.7 Å². The number of benzene rings is 1. The minimum atomic E-state index is -0.452. The lowest BCUT2D eigenvalue weighted by molar-refractivity contribution is 0.223. The Kier molecular flexibility index (Phi) is 6.73. The number of amides is 2. The summed E-state index contributed by atoms with van der Waals surface area (Å²) in [5, 5.41) is 23.3. The predicted octanol–water partition coefficient (Wildman–Crippen LogP) is 2.24. The van der Waals surface area contributed by atoms with E-state index in [1.807, 2.05) is 44.2 Å². The van der Waals surface area contributed by atoms with Gasteiger partial charge in [0.05, 0.1) is 12.1 Å². The van der Waals surface area contributed by atoms with Gasteiger partial charge in [-0.2, -0.15) is 10.5 Å². The topological polar surface area (TPSA) is 91.9 Å². The molecule has 0 heterocycles. The van der Waals surface area contributed by atoms with Crippen molar-refractivity contribution in [1.29, 1.82) is 10.5 Å². The summed E-state index contributed by atoms with van der Waals surface area (Å²) in [5.41, 5.74) is 1.70. The molecule has 1 aromatic rings. The monoisotopic (exact) mass is 285 g/mol. The second-order valence-corrected chi connectivity index (χ2v) is 4.51. The first-order valence-corrected chi connectivity index (χ1v) is 6.75. The van der Waals surface area contributed by atoms with Crippen molar-refractivity contribution in [2.45, 2.75) is 19.9 Å². The molecule has 1 aromatic carbocycles. The molecule has 0 radical (unpaired) electrons. The lowest BCUT2D eigenvalue weighted by atomic mass is 10.1. The lowest BCUT2D eigenvalue weighted by Gasteiger charge is -2.18. The molecule has 0 saturated heterocycles. The van der Waals surface area contributed by atoms with Crippen LogP contribution in [0.1, 0.15) is 25.5 Å². The molecule has 0 aromatic heterocycles. The van der Waals surface area contributed by atoms with Gasteiger partial charge in [-0.05, 0) is 31.2 Å². The zero-order valence-corrected chi connectivity index (χ0v) is 12.3. The smallest absolute Gasteiger partial charge is 0.310 e. The average Bonchev–Trinajstić information content (AvgIpc) is 2.47. The van der Waals surface area contributed by atoms with E-state index >= 15 is 0 Å². The average molecular weight is 285 g/mol. The Morgan fingerprint density at radius 1 is 1.33 bits per heavy atom. The van der Waals surface area contributed by atoms with E-state index in [1.165, 1.54) is 0 Å². The van der Waals surface area contributed by atoms with Crippen molar-refractivity contribution < 1.29 is 4.79 Å². The summed E-state index contributed by atoms with van der Waals surface area (Å²) in [4.78, 5) is 13.1. The van der Waals surface area contributed by atoms with E-state index in [9.17, 15) is 4.79 Å². The summed E-state index contributed by atoms with van der Waals surface area (Å²) in [6.45, 7) is 4.70. The van der Waals surface area contributed by atoms with E-state index in [2.05, 4.69) is 10.6 Å². The molecule has 110 valence electrons. The highest BCUT2D eigenvalue weighted by Gasteiger charge is 2.13. The van der Waals surface area contributed by atoms with Crippen LogP contribution >= 0.6 is 0 Å². The number of rotatable bonds is 6. The van der Waals surface area contributed by atoms with Gasteiger partial charge in [0, 0.05) is 11.7 Å². The maximum atomic E-state index is 12.0. The molecule has 6 nitrogen and oxygen atoms in total. The van der Waals surface area contributed by atoms with Gasteiger partial charge in [-0.15, -0.1) is 0 Å². The van der Waals surface area contributed by atoms with Crippen molar-refractivity contribution in [3.8, 4) is 12.1 Å². The first kappa shape index (κ1) is 16.5. The number of nitrogens with zero attached hydrogens (tertiary/aromatic N) is 3. The maximum absolute atomic E-state index is 12.0. The van der Waals surface area contributed by atoms with Crippen molar-refractivity contribution in [2.75, 3.05) is 25.0 Å². The van der Waals surface area contributed by atoms with Crippen LogP contribution in [-0.2, 0) is 0 Å². The molecule has 2 amide bonds. The number of carbonyl (C=O) groups excluding carboxylic acids is 1. The molecular formula is C15H19N5O. The first-order chi connectivity index (χ1) is 10.1. The molecule has 0 saturated carbocycles. The molecule has 0 spiro atoms. The fraction of sp³-hybridized carbons (Fsp3) is 0.400. The lowest BCUT2D eigenvalue weighted by Crippen LogP contribution is -2.35. The van der Waals surface area contributed by atoms with Gasteiger partial charge in [0.25, 0.3) is 0 Å². The molecule has 6 heteroatoms. The standard InChI is InChI=1S/C15H19N5O/c1-3-18-12(2)13-5-4-6-14(11-13)19-15(21)20(9-7-16)10-8-17/h4-6,11-12,18H,3,9-10H2,1-2H3,(H,19,21). The number of hydrogen-bond acceptors (Lipinski definition) is 4. The summed E-state index contributed by atoms with van der Waals surface area (Å²) in [7, 11) is 0. The zero-order chi connectivity index (χ0) is 15.7. The van der Waals surface area contributed by atoms with Crippen molar-refractivity contribution in [3.63, 3.8) is 0 Å². The molecular weight excluding hydrogens is 266 g/mol. The third-order valence-corrected chi connectivity index (χ3v) is 2.96. The SMILES string of the molecule is CCNC(C)c1cccc(NC(=O)N(CC#N)CC#N)c1. The number of nitriles is 2. The Morgan fingerprint density at radius 2 is 2.00 bits per heavy atom. The highest BCUT2D eigenvalue weighted by Crippen LogP contribution is 2.17. The third-order valence-electron chi connectivity index (χ3n) is 2.96. The molecule has 0 bridgehead atoms. The van der Waals surface area contributed by atoms with E-state index < -0.39 is 6.03 Å². The minimum Gasteiger partial charge on any atom is -0.310 e. The summed E-state index contributed by atoms with van der Waals surface area (Å²) in [6.07, 6.45) is 0. The summed E-state index contributed by atoms with van der Waals surface area (Å²) in [5.74, 6) is 0. The van der Waals surface area contributed by atoms with E-state index in [-0.39, 0.29) is 19.1 Å². The zero-order valence-electron chi connectivity index (χ0n) is 12.3. The van der Waals surface area contributed by atoms with Crippen molar-refractivity contribution in [2.24, 2.45) is 0 Å². The second kappa shape index (κ2) is 8.57. The Labute approximate surface area is 125 Å². The van der Waals surface area contributed by atoms with Crippen LogP contribution in [0.4, 0.5) is 10.5 Å². The highest BCUT2D eigenvalue weighted by atomic mass is 16.2. The highest BCUT2D eigenvalue weighted by molar-refractivity contribution is 5.89. The number of urea groups is 1. The van der Waals surface area contributed by atoms with Crippen LogP contribution in [0.15, 0.2) is 24.3 Å². The largest absolute Gasteiger partial charge is 0.323 e. The van der Waals surface area contributed by atoms with Gasteiger partial charge in [0.15, 0.2) is 0 Å². The summed E-state index contributed by atoms with van der Waals surface area (Å²) >= 11 is 0. The van der Waals surface area contributed by atoms with Gasteiger partial charge in [-0.25, -0.2) is 4.79 Å². The van der Waals surface area contributed by atoms with Gasteiger partial charge in [0.1, 0.15) is 13.1 Å². The van der Waals surface area contributed by atoms with E-state index in [0.717, 1.165) is 17.0 Å². The third kappa shape index (κ3) is 5.13. The van der Waals surface area contributed by atoms with Gasteiger partial charge < -0.3 is 10.6 Å². The predicted molar refractivity (Wildman–Crippen MR) is 80.4 cm³/mol. The molecule has 0 aliphatic heterocycles. The molecule has 21 heavy (non-hydrogen) atoms. The number of anilines is 1. The summed E-state index contributed by atoms with van der Waals surface area (Å²) < 4.78 is 0. The molecule has 1 rings (SSSR count). The van der Waals surface area contributed by atoms with Crippen LogP contribution in [0.5, 0.6) is 0 Å². The van der Waals surface area contributed by atoms with E-state index in [4.69, 9.17) is 10.5 Å². The molecule has 0 aliphatic carbocycles. The fourth-order valence-corrected chi connectivity index (χ4v) is 1.88. The van der Waals surface area contributed by atoms with Crippen LogP contribution in [0.2, 0.25) is 0 Å². The molecule has 1 atom stereocenters. The number of hydrogen-bond donors (Lipinski definition) is 2. The van der Waals surface area contributed by atoms with Crippen LogP contribution in [-0.4, -0.2) is 30.6 Å². The Morgan fingerprint density at radius 3 is 2.57 bits per heavy atom. The fourth-order valence-electron chi connectivity index (χ4n) is 1.88. The van der Waals surface area contributed by atoms with Gasteiger partial charge in [0.2, 0.25) is 0 Å².